The summed E-state index contributed by atoms with van der Waals surface area (Å²) in [6.07, 6.45) is 0.119. The first-order valence-electron chi connectivity index (χ1n) is 8.97. The standard InChI is InChI=1S/C22H27NO2/c1-15-12-16(2)22(18(4)24)17(3)20(15)13-23-10-11-25-21(14-23)19-8-6-5-7-9-19/h5-9,12,21H,10-11,13-14H2,1-4H3/t21-/m0/s1. The fraction of sp³-hybridized carbons (Fsp3) is 0.409. The molecule has 0 N–H and O–H groups in total. The minimum atomic E-state index is 0.119. The van der Waals surface area contributed by atoms with E-state index < -0.39 is 0 Å². The summed E-state index contributed by atoms with van der Waals surface area (Å²) < 4.78 is 5.98. The van der Waals surface area contributed by atoms with E-state index in [0.29, 0.717) is 0 Å². The molecule has 0 spiro atoms. The van der Waals surface area contributed by atoms with E-state index in [1.807, 2.05) is 13.0 Å². The number of ether oxygens (including phenoxy) is 1. The molecule has 1 atom stereocenters. The largest absolute Gasteiger partial charge is 0.371 e. The minimum Gasteiger partial charge on any atom is -0.371 e. The molecule has 0 radical (unpaired) electrons. The lowest BCUT2D eigenvalue weighted by Gasteiger charge is -2.34. The van der Waals surface area contributed by atoms with Crippen LogP contribution in [0.2, 0.25) is 0 Å². The minimum absolute atomic E-state index is 0.119. The van der Waals surface area contributed by atoms with Crippen LogP contribution in [-0.4, -0.2) is 30.4 Å². The van der Waals surface area contributed by atoms with Crippen molar-refractivity contribution in [1.82, 2.24) is 4.90 Å². The third-order valence-electron chi connectivity index (χ3n) is 5.19. The highest BCUT2D eigenvalue weighted by Crippen LogP contribution is 2.27. The van der Waals surface area contributed by atoms with Crippen LogP contribution in [0.4, 0.5) is 0 Å². The van der Waals surface area contributed by atoms with E-state index in [-0.39, 0.29) is 11.9 Å². The number of hydrogen-bond acceptors (Lipinski definition) is 3. The number of ketones is 1. The van der Waals surface area contributed by atoms with E-state index in [1.54, 1.807) is 6.92 Å². The number of nitrogens with zero attached hydrogens (tertiary/aromatic N) is 1. The summed E-state index contributed by atoms with van der Waals surface area (Å²) in [6.45, 7) is 11.3. The first-order chi connectivity index (χ1) is 12.0. The Hall–Kier alpha value is -1.97. The van der Waals surface area contributed by atoms with Crippen molar-refractivity contribution < 1.29 is 9.53 Å². The maximum absolute atomic E-state index is 12.0. The molecular formula is C22H27NO2. The van der Waals surface area contributed by atoms with Crippen molar-refractivity contribution in [3.8, 4) is 0 Å². The van der Waals surface area contributed by atoms with Gasteiger partial charge in [0.1, 0.15) is 0 Å². The van der Waals surface area contributed by atoms with Crippen molar-refractivity contribution in [3.05, 3.63) is 69.8 Å². The van der Waals surface area contributed by atoms with Crippen molar-refractivity contribution in [2.75, 3.05) is 19.7 Å². The molecule has 3 rings (SSSR count). The lowest BCUT2D eigenvalue weighted by Crippen LogP contribution is -2.38. The second kappa shape index (κ2) is 7.51. The van der Waals surface area contributed by atoms with Crippen LogP contribution < -0.4 is 0 Å². The van der Waals surface area contributed by atoms with Crippen LogP contribution in [-0.2, 0) is 11.3 Å². The van der Waals surface area contributed by atoms with E-state index in [0.717, 1.165) is 42.9 Å². The van der Waals surface area contributed by atoms with Gasteiger partial charge in [-0.25, -0.2) is 0 Å². The Bertz CT molecular complexity index is 767. The Morgan fingerprint density at radius 1 is 1.16 bits per heavy atom. The lowest BCUT2D eigenvalue weighted by molar-refractivity contribution is -0.0330. The van der Waals surface area contributed by atoms with Gasteiger partial charge in [-0.05, 0) is 55.5 Å². The molecule has 3 heteroatoms. The number of morpholine rings is 1. The van der Waals surface area contributed by atoms with Gasteiger partial charge in [0.25, 0.3) is 0 Å². The smallest absolute Gasteiger partial charge is 0.160 e. The fourth-order valence-electron chi connectivity index (χ4n) is 3.95. The number of hydrogen-bond donors (Lipinski definition) is 0. The quantitative estimate of drug-likeness (QED) is 0.775. The van der Waals surface area contributed by atoms with Crippen LogP contribution >= 0.6 is 0 Å². The first-order valence-corrected chi connectivity index (χ1v) is 8.97. The third kappa shape index (κ3) is 3.83. The van der Waals surface area contributed by atoms with Crippen molar-refractivity contribution in [1.29, 1.82) is 0 Å². The van der Waals surface area contributed by atoms with E-state index in [1.165, 1.54) is 16.7 Å². The van der Waals surface area contributed by atoms with Gasteiger partial charge in [0, 0.05) is 25.2 Å². The molecule has 0 aromatic heterocycles. The van der Waals surface area contributed by atoms with Gasteiger partial charge in [0.05, 0.1) is 12.7 Å². The van der Waals surface area contributed by atoms with Crippen LogP contribution in [0.15, 0.2) is 36.4 Å². The molecule has 25 heavy (non-hydrogen) atoms. The SMILES string of the molecule is CC(=O)c1c(C)cc(C)c(CN2CCO[C@H](c3ccccc3)C2)c1C. The predicted octanol–water partition coefficient (Wildman–Crippen LogP) is 4.39. The summed E-state index contributed by atoms with van der Waals surface area (Å²) in [5, 5.41) is 0. The predicted molar refractivity (Wildman–Crippen MR) is 101 cm³/mol. The molecule has 2 aromatic carbocycles. The number of Topliss-reactive ketones (excluding diaryl/α,β-unsaturated/α-hetero) is 1. The summed E-state index contributed by atoms with van der Waals surface area (Å²) in [6, 6.07) is 12.6. The van der Waals surface area contributed by atoms with Crippen LogP contribution in [0, 0.1) is 20.8 Å². The molecule has 0 amide bonds. The zero-order valence-electron chi connectivity index (χ0n) is 15.6. The van der Waals surface area contributed by atoms with E-state index in [9.17, 15) is 4.79 Å². The van der Waals surface area contributed by atoms with Crippen LogP contribution in [0.5, 0.6) is 0 Å². The first kappa shape index (κ1) is 17.8. The molecule has 132 valence electrons. The summed E-state index contributed by atoms with van der Waals surface area (Å²) in [7, 11) is 0. The van der Waals surface area contributed by atoms with E-state index in [4.69, 9.17) is 4.74 Å². The highest BCUT2D eigenvalue weighted by atomic mass is 16.5. The van der Waals surface area contributed by atoms with Crippen molar-refractivity contribution in [2.45, 2.75) is 40.3 Å². The number of carbonyl (C=O) groups excluding carboxylic acids is 1. The number of benzene rings is 2. The normalized spacial score (nSPS) is 18.3. The molecule has 1 aliphatic rings. The van der Waals surface area contributed by atoms with Crippen molar-refractivity contribution >= 4 is 5.78 Å². The van der Waals surface area contributed by atoms with Crippen molar-refractivity contribution in [3.63, 3.8) is 0 Å². The molecule has 0 unspecified atom stereocenters. The molecule has 0 saturated carbocycles. The van der Waals surface area contributed by atoms with Gasteiger partial charge in [-0.3, -0.25) is 9.69 Å². The maximum atomic E-state index is 12.0. The lowest BCUT2D eigenvalue weighted by atomic mass is 9.91. The molecule has 1 fully saturated rings. The Kier molecular flexibility index (Phi) is 5.36. The van der Waals surface area contributed by atoms with Gasteiger partial charge in [-0.15, -0.1) is 0 Å². The van der Waals surface area contributed by atoms with E-state index in [2.05, 4.69) is 49.1 Å². The number of rotatable bonds is 4. The van der Waals surface area contributed by atoms with Crippen molar-refractivity contribution in [2.24, 2.45) is 0 Å². The molecular weight excluding hydrogens is 310 g/mol. The highest BCUT2D eigenvalue weighted by molar-refractivity contribution is 5.97. The molecule has 3 nitrogen and oxygen atoms in total. The van der Waals surface area contributed by atoms with Gasteiger partial charge >= 0.3 is 0 Å². The monoisotopic (exact) mass is 337 g/mol. The van der Waals surface area contributed by atoms with Gasteiger partial charge in [-0.2, -0.15) is 0 Å². The van der Waals surface area contributed by atoms with Gasteiger partial charge in [0.15, 0.2) is 5.78 Å². The molecule has 0 bridgehead atoms. The Labute approximate surface area is 150 Å². The Morgan fingerprint density at radius 3 is 2.56 bits per heavy atom. The number of carbonyl (C=O) groups is 1. The third-order valence-corrected chi connectivity index (χ3v) is 5.19. The Morgan fingerprint density at radius 2 is 1.88 bits per heavy atom. The second-order valence-corrected chi connectivity index (χ2v) is 7.05. The molecule has 2 aromatic rings. The molecule has 0 aliphatic carbocycles. The Balaban J connectivity index is 1.83. The van der Waals surface area contributed by atoms with E-state index >= 15 is 0 Å². The summed E-state index contributed by atoms with van der Waals surface area (Å²) >= 11 is 0. The van der Waals surface area contributed by atoms with Gasteiger partial charge in [0.2, 0.25) is 0 Å². The van der Waals surface area contributed by atoms with Gasteiger partial charge < -0.3 is 4.74 Å². The fourth-order valence-corrected chi connectivity index (χ4v) is 3.95. The van der Waals surface area contributed by atoms with Gasteiger partial charge in [-0.1, -0.05) is 36.4 Å². The number of aryl methyl sites for hydroxylation is 2. The van der Waals surface area contributed by atoms with Crippen LogP contribution in [0.1, 0.15) is 51.2 Å². The molecule has 1 saturated heterocycles. The average Bonchev–Trinajstić information content (AvgIpc) is 2.59. The highest BCUT2D eigenvalue weighted by Gasteiger charge is 2.23. The topological polar surface area (TPSA) is 29.5 Å². The second-order valence-electron chi connectivity index (χ2n) is 7.05. The average molecular weight is 337 g/mol. The van der Waals surface area contributed by atoms with Crippen LogP contribution in [0.3, 0.4) is 0 Å². The summed E-state index contributed by atoms with van der Waals surface area (Å²) in [5.74, 6) is 0.153. The zero-order chi connectivity index (χ0) is 18.0. The molecule has 1 aliphatic heterocycles. The maximum Gasteiger partial charge on any atom is 0.160 e. The summed E-state index contributed by atoms with van der Waals surface area (Å²) in [4.78, 5) is 14.5. The summed E-state index contributed by atoms with van der Waals surface area (Å²) in [5.41, 5.74) is 6.87. The molecule has 1 heterocycles. The zero-order valence-corrected chi connectivity index (χ0v) is 15.6. The van der Waals surface area contributed by atoms with Crippen LogP contribution in [0.25, 0.3) is 0 Å².